The average molecular weight is 625 g/mol. The van der Waals surface area contributed by atoms with E-state index in [0.717, 1.165) is 56.0 Å². The van der Waals surface area contributed by atoms with Gasteiger partial charge in [0.05, 0.1) is 22.4 Å². The molecular formula is C47H32N2. The Kier molecular flexibility index (Phi) is 7.18. The highest BCUT2D eigenvalue weighted by Crippen LogP contribution is 2.48. The second-order valence-corrected chi connectivity index (χ2v) is 12.3. The third kappa shape index (κ3) is 5.02. The molecule has 9 aromatic rings. The van der Waals surface area contributed by atoms with Gasteiger partial charge in [-0.05, 0) is 41.0 Å². The van der Waals surface area contributed by atoms with Gasteiger partial charge in [-0.15, -0.1) is 0 Å². The molecule has 0 N–H and O–H groups in total. The summed E-state index contributed by atoms with van der Waals surface area (Å²) in [7, 11) is 0. The molecule has 0 bridgehead atoms. The van der Waals surface area contributed by atoms with E-state index in [2.05, 4.69) is 199 Å². The van der Waals surface area contributed by atoms with Crippen molar-refractivity contribution in [1.29, 1.82) is 0 Å². The van der Waals surface area contributed by atoms with Gasteiger partial charge in [-0.25, -0.2) is 4.98 Å². The van der Waals surface area contributed by atoms with Crippen LogP contribution in [0.25, 0.3) is 83.4 Å². The van der Waals surface area contributed by atoms with Crippen molar-refractivity contribution >= 4 is 21.8 Å². The fraction of sp³-hybridized carbons (Fsp3) is 0. The van der Waals surface area contributed by atoms with E-state index in [1.807, 2.05) is 0 Å². The zero-order valence-electron chi connectivity index (χ0n) is 26.9. The second kappa shape index (κ2) is 12.3. The summed E-state index contributed by atoms with van der Waals surface area (Å²) in [6.07, 6.45) is 0. The maximum Gasteiger partial charge on any atom is 0.0794 e. The molecule has 0 aliphatic carbocycles. The molecule has 0 saturated heterocycles. The highest BCUT2D eigenvalue weighted by molar-refractivity contribution is 6.09. The van der Waals surface area contributed by atoms with Crippen LogP contribution in [-0.4, -0.2) is 9.55 Å². The minimum absolute atomic E-state index is 0.965. The van der Waals surface area contributed by atoms with Crippen molar-refractivity contribution in [3.8, 4) is 61.6 Å². The molecule has 2 heterocycles. The number of rotatable bonds is 6. The molecule has 0 atom stereocenters. The van der Waals surface area contributed by atoms with Crippen LogP contribution in [0.3, 0.4) is 0 Å². The lowest BCUT2D eigenvalue weighted by Gasteiger charge is -2.23. The molecule has 0 saturated carbocycles. The van der Waals surface area contributed by atoms with E-state index in [1.54, 1.807) is 0 Å². The van der Waals surface area contributed by atoms with E-state index in [-0.39, 0.29) is 0 Å². The third-order valence-electron chi connectivity index (χ3n) is 9.41. The number of benzene rings is 7. The largest absolute Gasteiger partial charge is 0.309 e. The molecule has 9 rings (SSSR count). The minimum atomic E-state index is 0.965. The van der Waals surface area contributed by atoms with Gasteiger partial charge in [0.15, 0.2) is 0 Å². The summed E-state index contributed by atoms with van der Waals surface area (Å²) in [6, 6.07) is 69.1. The molecule has 0 aliphatic heterocycles. The first-order chi connectivity index (χ1) is 24.3. The molecule has 49 heavy (non-hydrogen) atoms. The Labute approximate surface area is 286 Å². The monoisotopic (exact) mass is 624 g/mol. The maximum atomic E-state index is 5.57. The Morgan fingerprint density at radius 3 is 1.06 bits per heavy atom. The van der Waals surface area contributed by atoms with Crippen LogP contribution in [-0.2, 0) is 0 Å². The number of hydrogen-bond acceptors (Lipinski definition) is 1. The number of fused-ring (bicyclic) bond motifs is 3. The molecule has 0 spiro atoms. The van der Waals surface area contributed by atoms with Gasteiger partial charge < -0.3 is 4.57 Å². The zero-order chi connectivity index (χ0) is 32.6. The van der Waals surface area contributed by atoms with Crippen molar-refractivity contribution in [2.45, 2.75) is 0 Å². The first kappa shape index (κ1) is 28.7. The van der Waals surface area contributed by atoms with Crippen LogP contribution in [0.2, 0.25) is 0 Å². The number of nitrogens with zero attached hydrogens (tertiary/aromatic N) is 2. The lowest BCUT2D eigenvalue weighted by molar-refractivity contribution is 1.18. The molecule has 2 nitrogen and oxygen atoms in total. The average Bonchev–Trinajstić information content (AvgIpc) is 3.53. The summed E-state index contributed by atoms with van der Waals surface area (Å²) < 4.78 is 2.38. The van der Waals surface area contributed by atoms with Gasteiger partial charge in [-0.2, -0.15) is 0 Å². The molecule has 0 radical (unpaired) electrons. The summed E-state index contributed by atoms with van der Waals surface area (Å²) >= 11 is 0. The number of aromatic nitrogens is 2. The molecule has 0 amide bonds. The zero-order valence-corrected chi connectivity index (χ0v) is 26.9. The van der Waals surface area contributed by atoms with E-state index in [9.17, 15) is 0 Å². The number of para-hydroxylation sites is 2. The fourth-order valence-corrected chi connectivity index (χ4v) is 7.23. The molecular weight excluding hydrogens is 593 g/mol. The van der Waals surface area contributed by atoms with Crippen LogP contribution < -0.4 is 0 Å². The van der Waals surface area contributed by atoms with Crippen LogP contribution >= 0.6 is 0 Å². The topological polar surface area (TPSA) is 17.8 Å². The highest BCUT2D eigenvalue weighted by atomic mass is 15.0. The van der Waals surface area contributed by atoms with Gasteiger partial charge in [0.25, 0.3) is 0 Å². The van der Waals surface area contributed by atoms with Crippen LogP contribution in [0.15, 0.2) is 194 Å². The lowest BCUT2D eigenvalue weighted by atomic mass is 9.83. The Balaban J connectivity index is 1.38. The molecule has 0 unspecified atom stereocenters. The maximum absolute atomic E-state index is 5.57. The van der Waals surface area contributed by atoms with Gasteiger partial charge in [0.1, 0.15) is 0 Å². The van der Waals surface area contributed by atoms with Gasteiger partial charge in [0.2, 0.25) is 0 Å². The molecule has 0 aliphatic rings. The Morgan fingerprint density at radius 2 is 0.633 bits per heavy atom. The summed E-state index contributed by atoms with van der Waals surface area (Å²) in [5, 5.41) is 2.52. The first-order valence-corrected chi connectivity index (χ1v) is 16.7. The van der Waals surface area contributed by atoms with Crippen molar-refractivity contribution in [2.24, 2.45) is 0 Å². The minimum Gasteiger partial charge on any atom is -0.309 e. The number of hydrogen-bond donors (Lipinski definition) is 0. The van der Waals surface area contributed by atoms with Crippen molar-refractivity contribution < 1.29 is 0 Å². The highest BCUT2D eigenvalue weighted by Gasteiger charge is 2.25. The summed E-state index contributed by atoms with van der Waals surface area (Å²) in [4.78, 5) is 5.57. The number of pyridine rings is 1. The fourth-order valence-electron chi connectivity index (χ4n) is 7.23. The first-order valence-electron chi connectivity index (χ1n) is 16.7. The predicted octanol–water partition coefficient (Wildman–Crippen LogP) is 12.5. The Hall–Kier alpha value is -6.51. The summed E-state index contributed by atoms with van der Waals surface area (Å²) in [5.41, 5.74) is 14.4. The summed E-state index contributed by atoms with van der Waals surface area (Å²) in [6.45, 7) is 0. The van der Waals surface area contributed by atoms with Gasteiger partial charge in [-0.3, -0.25) is 0 Å². The van der Waals surface area contributed by atoms with E-state index < -0.39 is 0 Å². The normalized spacial score (nSPS) is 11.3. The third-order valence-corrected chi connectivity index (χ3v) is 9.41. The molecule has 230 valence electrons. The molecule has 2 aromatic heterocycles. The van der Waals surface area contributed by atoms with E-state index in [0.29, 0.717) is 0 Å². The molecule has 2 heteroatoms. The smallest absolute Gasteiger partial charge is 0.0794 e. The van der Waals surface area contributed by atoms with Crippen molar-refractivity contribution in [2.75, 3.05) is 0 Å². The molecule has 7 aromatic carbocycles. The van der Waals surface area contributed by atoms with E-state index in [4.69, 9.17) is 4.98 Å². The van der Waals surface area contributed by atoms with Crippen molar-refractivity contribution in [3.05, 3.63) is 194 Å². The van der Waals surface area contributed by atoms with E-state index in [1.165, 1.54) is 27.4 Å². The van der Waals surface area contributed by atoms with Crippen LogP contribution in [0, 0.1) is 0 Å². The van der Waals surface area contributed by atoms with E-state index >= 15 is 0 Å². The SMILES string of the molecule is c1ccc(-c2nc(-c3ccccc3)c(-c3ccccc3)c(-c3ccc(-n4c5ccccc5c5ccccc54)cc3)c2-c2ccccc2)cc1. The second-order valence-electron chi connectivity index (χ2n) is 12.3. The van der Waals surface area contributed by atoms with Crippen LogP contribution in [0.5, 0.6) is 0 Å². The Bertz CT molecular complexity index is 2400. The van der Waals surface area contributed by atoms with Crippen molar-refractivity contribution in [1.82, 2.24) is 9.55 Å². The van der Waals surface area contributed by atoms with Gasteiger partial charge >= 0.3 is 0 Å². The quantitative estimate of drug-likeness (QED) is 0.180. The van der Waals surface area contributed by atoms with Crippen molar-refractivity contribution in [3.63, 3.8) is 0 Å². The van der Waals surface area contributed by atoms with Gasteiger partial charge in [-0.1, -0.05) is 170 Å². The van der Waals surface area contributed by atoms with Crippen LogP contribution in [0.1, 0.15) is 0 Å². The standard InChI is InChI=1S/C47H32N2/c1-5-17-33(18-6-1)44-43(35-29-31-38(32-30-35)49-41-27-15-13-25-39(41)40-26-14-16-28-42(40)49)45(34-19-7-2-8-20-34)47(37-23-11-4-12-24-37)48-46(44)36-21-9-3-10-22-36/h1-32H. The molecule has 0 fully saturated rings. The van der Waals surface area contributed by atoms with Crippen LogP contribution in [0.4, 0.5) is 0 Å². The predicted molar refractivity (Wildman–Crippen MR) is 206 cm³/mol. The van der Waals surface area contributed by atoms with Gasteiger partial charge in [0, 0.05) is 44.3 Å². The summed E-state index contributed by atoms with van der Waals surface area (Å²) in [5.74, 6) is 0. The lowest BCUT2D eigenvalue weighted by Crippen LogP contribution is -2.01. The Morgan fingerprint density at radius 1 is 0.286 bits per heavy atom.